The molecule has 0 spiro atoms. The summed E-state index contributed by atoms with van der Waals surface area (Å²) in [4.78, 5) is 37.3. The molecule has 2 amide bonds. The average Bonchev–Trinajstić information content (AvgIpc) is 3.39. The minimum Gasteiger partial charge on any atom is -0.497 e. The third-order valence-electron chi connectivity index (χ3n) is 5.05. The van der Waals surface area contributed by atoms with Gasteiger partial charge in [0.15, 0.2) is 0 Å². The molecular formula is C24H20N2O7S. The van der Waals surface area contributed by atoms with Gasteiger partial charge in [-0.3, -0.25) is 24.6 Å². The molecule has 2 aromatic carbocycles. The number of rotatable bonds is 8. The number of hydrogen-bond donors (Lipinski definition) is 0. The molecule has 2 heterocycles. The molecule has 0 N–H and O–H groups in total. The van der Waals surface area contributed by atoms with E-state index in [1.807, 2.05) is 31.2 Å². The SMILES string of the molecule is COc1ccc(-c2ccc(/C=C3\SC(=O)N(CCOc4ccc(C)cc4)C3=O)o2)c([N+](=O)[O-])c1. The van der Waals surface area contributed by atoms with Crippen molar-refractivity contribution < 1.29 is 28.4 Å². The van der Waals surface area contributed by atoms with Crippen molar-refractivity contribution in [3.05, 3.63) is 80.9 Å². The van der Waals surface area contributed by atoms with E-state index in [9.17, 15) is 19.7 Å². The zero-order chi connectivity index (χ0) is 24.2. The molecule has 0 aliphatic carbocycles. The highest BCUT2D eigenvalue weighted by atomic mass is 32.2. The number of furan rings is 1. The predicted octanol–water partition coefficient (Wildman–Crippen LogP) is 5.29. The van der Waals surface area contributed by atoms with Crippen LogP contribution < -0.4 is 9.47 Å². The van der Waals surface area contributed by atoms with Crippen molar-refractivity contribution in [3.8, 4) is 22.8 Å². The number of nitro benzene ring substituents is 1. The highest BCUT2D eigenvalue weighted by molar-refractivity contribution is 8.18. The number of carbonyl (C=O) groups is 2. The van der Waals surface area contributed by atoms with Gasteiger partial charge in [-0.05, 0) is 55.1 Å². The molecule has 0 saturated carbocycles. The van der Waals surface area contributed by atoms with Crippen molar-refractivity contribution in [1.82, 2.24) is 4.90 Å². The van der Waals surface area contributed by atoms with Gasteiger partial charge in [-0.25, -0.2) is 0 Å². The first-order valence-electron chi connectivity index (χ1n) is 10.2. The molecule has 0 unspecified atom stereocenters. The highest BCUT2D eigenvalue weighted by Gasteiger charge is 2.35. The summed E-state index contributed by atoms with van der Waals surface area (Å²) in [6.45, 7) is 2.24. The number of nitro groups is 1. The minimum atomic E-state index is -0.524. The molecule has 1 saturated heterocycles. The number of imide groups is 1. The first-order chi connectivity index (χ1) is 16.4. The normalized spacial score (nSPS) is 14.6. The number of carbonyl (C=O) groups excluding carboxylic acids is 2. The van der Waals surface area contributed by atoms with Gasteiger partial charge in [0.2, 0.25) is 0 Å². The van der Waals surface area contributed by atoms with Gasteiger partial charge in [0.1, 0.15) is 29.6 Å². The van der Waals surface area contributed by atoms with Crippen LogP contribution in [0.15, 0.2) is 63.9 Å². The number of aryl methyl sites for hydroxylation is 1. The molecule has 0 bridgehead atoms. The summed E-state index contributed by atoms with van der Waals surface area (Å²) in [6.07, 6.45) is 1.45. The van der Waals surface area contributed by atoms with Gasteiger partial charge >= 0.3 is 0 Å². The van der Waals surface area contributed by atoms with E-state index in [0.29, 0.717) is 17.3 Å². The van der Waals surface area contributed by atoms with Gasteiger partial charge in [0.05, 0.1) is 35.1 Å². The second-order valence-corrected chi connectivity index (χ2v) is 8.33. The number of hydrogen-bond acceptors (Lipinski definition) is 8. The molecular weight excluding hydrogens is 460 g/mol. The van der Waals surface area contributed by atoms with Crippen LogP contribution in [0.3, 0.4) is 0 Å². The van der Waals surface area contributed by atoms with E-state index >= 15 is 0 Å². The summed E-state index contributed by atoms with van der Waals surface area (Å²) < 4.78 is 16.4. The standard InChI is InChI=1S/C24H20N2O7S/c1-15-3-5-16(6-4-15)32-12-11-25-23(27)22(34-24(25)28)14-18-8-10-21(33-18)19-9-7-17(31-2)13-20(19)26(29)30/h3-10,13-14H,11-12H2,1-2H3/b22-14-. The molecule has 10 heteroatoms. The lowest BCUT2D eigenvalue weighted by molar-refractivity contribution is -0.384. The monoisotopic (exact) mass is 480 g/mol. The molecule has 4 rings (SSSR count). The van der Waals surface area contributed by atoms with Crippen LogP contribution in [-0.2, 0) is 4.79 Å². The summed E-state index contributed by atoms with van der Waals surface area (Å²) >= 11 is 0.801. The highest BCUT2D eigenvalue weighted by Crippen LogP contribution is 2.36. The van der Waals surface area contributed by atoms with Gasteiger partial charge in [-0.1, -0.05) is 17.7 Å². The van der Waals surface area contributed by atoms with Crippen molar-refractivity contribution in [1.29, 1.82) is 0 Å². The Hall–Kier alpha value is -4.05. The topological polar surface area (TPSA) is 112 Å². The summed E-state index contributed by atoms with van der Waals surface area (Å²) in [6, 6.07) is 15.1. The van der Waals surface area contributed by atoms with Crippen LogP contribution in [0.2, 0.25) is 0 Å². The first-order valence-corrected chi connectivity index (χ1v) is 11.0. The van der Waals surface area contributed by atoms with Gasteiger partial charge in [-0.2, -0.15) is 0 Å². The van der Waals surface area contributed by atoms with Crippen LogP contribution in [0.1, 0.15) is 11.3 Å². The van der Waals surface area contributed by atoms with Crippen molar-refractivity contribution in [2.45, 2.75) is 6.92 Å². The van der Waals surface area contributed by atoms with Crippen LogP contribution in [-0.4, -0.2) is 41.2 Å². The lowest BCUT2D eigenvalue weighted by Gasteiger charge is -2.13. The van der Waals surface area contributed by atoms with Gasteiger partial charge in [0.25, 0.3) is 16.8 Å². The molecule has 1 aliphatic heterocycles. The maximum atomic E-state index is 12.7. The fraction of sp³-hybridized carbons (Fsp3) is 0.167. The molecule has 174 valence electrons. The Morgan fingerprint density at radius 2 is 1.82 bits per heavy atom. The molecule has 9 nitrogen and oxygen atoms in total. The molecule has 34 heavy (non-hydrogen) atoms. The largest absolute Gasteiger partial charge is 0.497 e. The van der Waals surface area contributed by atoms with Crippen LogP contribution in [0.25, 0.3) is 17.4 Å². The average molecular weight is 480 g/mol. The number of benzene rings is 2. The summed E-state index contributed by atoms with van der Waals surface area (Å²) in [7, 11) is 1.42. The molecule has 0 radical (unpaired) electrons. The van der Waals surface area contributed by atoms with Crippen LogP contribution in [0.5, 0.6) is 11.5 Å². The van der Waals surface area contributed by atoms with E-state index in [0.717, 1.165) is 22.2 Å². The van der Waals surface area contributed by atoms with Crippen molar-refractivity contribution >= 4 is 34.7 Å². The Labute approximate surface area is 199 Å². The summed E-state index contributed by atoms with van der Waals surface area (Å²) in [5, 5.41) is 11.0. The fourth-order valence-electron chi connectivity index (χ4n) is 3.28. The number of ether oxygens (including phenoxy) is 2. The van der Waals surface area contributed by atoms with E-state index in [4.69, 9.17) is 13.9 Å². The molecule has 1 aromatic heterocycles. The van der Waals surface area contributed by atoms with Gasteiger partial charge < -0.3 is 13.9 Å². The Morgan fingerprint density at radius 3 is 2.53 bits per heavy atom. The van der Waals surface area contributed by atoms with Gasteiger partial charge in [0, 0.05) is 6.08 Å². The van der Waals surface area contributed by atoms with Crippen LogP contribution >= 0.6 is 11.8 Å². The molecule has 0 atom stereocenters. The van der Waals surface area contributed by atoms with Crippen LogP contribution in [0.4, 0.5) is 10.5 Å². The quantitative estimate of drug-likeness (QED) is 0.243. The third-order valence-corrected chi connectivity index (χ3v) is 5.95. The molecule has 3 aromatic rings. The smallest absolute Gasteiger partial charge is 0.293 e. The van der Waals surface area contributed by atoms with E-state index in [2.05, 4.69) is 0 Å². The van der Waals surface area contributed by atoms with Gasteiger partial charge in [-0.15, -0.1) is 0 Å². The zero-order valence-electron chi connectivity index (χ0n) is 18.3. The summed E-state index contributed by atoms with van der Waals surface area (Å²) in [5.74, 6) is 1.11. The summed E-state index contributed by atoms with van der Waals surface area (Å²) in [5.41, 5.74) is 1.20. The fourth-order valence-corrected chi connectivity index (χ4v) is 4.13. The van der Waals surface area contributed by atoms with E-state index in [-0.39, 0.29) is 35.1 Å². The van der Waals surface area contributed by atoms with E-state index in [1.165, 1.54) is 25.3 Å². The second kappa shape index (κ2) is 9.84. The number of thioether (sulfide) groups is 1. The molecule has 1 fully saturated rings. The predicted molar refractivity (Wildman–Crippen MR) is 127 cm³/mol. The number of nitrogens with zero attached hydrogens (tertiary/aromatic N) is 2. The van der Waals surface area contributed by atoms with E-state index < -0.39 is 16.1 Å². The Morgan fingerprint density at radius 1 is 1.09 bits per heavy atom. The third kappa shape index (κ3) is 4.96. The lowest BCUT2D eigenvalue weighted by atomic mass is 10.1. The molecule has 1 aliphatic rings. The lowest BCUT2D eigenvalue weighted by Crippen LogP contribution is -2.32. The number of methoxy groups -OCH3 is 1. The minimum absolute atomic E-state index is 0.108. The van der Waals surface area contributed by atoms with Crippen LogP contribution in [0, 0.1) is 17.0 Å². The van der Waals surface area contributed by atoms with Crippen molar-refractivity contribution in [2.24, 2.45) is 0 Å². The maximum Gasteiger partial charge on any atom is 0.293 e. The van der Waals surface area contributed by atoms with E-state index in [1.54, 1.807) is 18.2 Å². The number of amides is 2. The Balaban J connectivity index is 1.46. The Bertz CT molecular complexity index is 1280. The van der Waals surface area contributed by atoms with Crippen molar-refractivity contribution in [2.75, 3.05) is 20.3 Å². The first kappa shape index (κ1) is 23.1. The zero-order valence-corrected chi connectivity index (χ0v) is 19.2. The van der Waals surface area contributed by atoms with Crippen molar-refractivity contribution in [3.63, 3.8) is 0 Å². The maximum absolute atomic E-state index is 12.7. The second-order valence-electron chi connectivity index (χ2n) is 7.34. The Kier molecular flexibility index (Phi) is 6.69.